The average Bonchev–Trinajstić information content (AvgIpc) is 3.67. The first kappa shape index (κ1) is 27.2. The van der Waals surface area contributed by atoms with E-state index in [-0.39, 0.29) is 28.9 Å². The molecule has 1 heterocycles. The molecule has 3 N–H and O–H groups in total. The second-order valence-corrected chi connectivity index (χ2v) is 9.67. The largest absolute Gasteiger partial charge is 0.389 e. The first-order valence-electron chi connectivity index (χ1n) is 12.2. The standard InChI is InChI=1S/C27H26F4N4O3/c1-14-11-19-21(16-5-3-2-4-6-16)33-24(26(38)34-22(19)20(28)12-14)35-25(37)17(9-10-27(29,30)31)18(23(32)36)13-15-7-8-15/h2-6,11-12,15,17-18H,7-10,13H2,1H3,(H2,32,36)(H,33,34,35,37,38)/t17-,18+/m1/s1. The van der Waals surface area contributed by atoms with Gasteiger partial charge in [-0.15, -0.1) is 0 Å². The number of anilines is 1. The van der Waals surface area contributed by atoms with Crippen LogP contribution in [-0.2, 0) is 9.59 Å². The zero-order valence-electron chi connectivity index (χ0n) is 20.5. The Morgan fingerprint density at radius 1 is 1.11 bits per heavy atom. The quantitative estimate of drug-likeness (QED) is 0.382. The Labute approximate surface area is 215 Å². The number of nitrogens with two attached hydrogens (primary N) is 1. The maximum atomic E-state index is 14.9. The van der Waals surface area contributed by atoms with Crippen molar-refractivity contribution in [1.29, 1.82) is 0 Å². The number of fused-ring (bicyclic) bond motifs is 1. The van der Waals surface area contributed by atoms with Gasteiger partial charge < -0.3 is 11.1 Å². The Morgan fingerprint density at radius 3 is 2.39 bits per heavy atom. The van der Waals surface area contributed by atoms with E-state index in [2.05, 4.69) is 15.3 Å². The van der Waals surface area contributed by atoms with Gasteiger partial charge in [-0.1, -0.05) is 43.2 Å². The van der Waals surface area contributed by atoms with Gasteiger partial charge in [-0.25, -0.2) is 14.4 Å². The topological polar surface area (TPSA) is 115 Å². The molecular weight excluding hydrogens is 504 g/mol. The van der Waals surface area contributed by atoms with Crippen LogP contribution in [0.1, 0.15) is 37.7 Å². The minimum atomic E-state index is -4.57. The van der Waals surface area contributed by atoms with E-state index in [1.54, 1.807) is 43.3 Å². The fraction of sp³-hybridized carbons (Fsp3) is 0.370. The van der Waals surface area contributed by atoms with Crippen molar-refractivity contribution in [3.05, 3.63) is 64.2 Å². The van der Waals surface area contributed by atoms with Gasteiger partial charge in [0, 0.05) is 23.3 Å². The summed E-state index contributed by atoms with van der Waals surface area (Å²) in [4.78, 5) is 46.7. The van der Waals surface area contributed by atoms with Gasteiger partial charge in [0.25, 0.3) is 0 Å². The fourth-order valence-electron chi connectivity index (χ4n) is 4.54. The number of nitrogens with zero attached hydrogens (tertiary/aromatic N) is 2. The lowest BCUT2D eigenvalue weighted by molar-refractivity contribution is -0.144. The molecule has 2 aromatic carbocycles. The second-order valence-electron chi connectivity index (χ2n) is 9.67. The monoisotopic (exact) mass is 530 g/mol. The van der Waals surface area contributed by atoms with E-state index in [1.165, 1.54) is 6.07 Å². The molecular formula is C27H26F4N4O3. The lowest BCUT2D eigenvalue weighted by Gasteiger charge is -2.24. The van der Waals surface area contributed by atoms with Crippen molar-refractivity contribution in [3.8, 4) is 11.3 Å². The van der Waals surface area contributed by atoms with Crippen LogP contribution in [0, 0.1) is 30.5 Å². The highest BCUT2D eigenvalue weighted by Gasteiger charge is 2.40. The molecule has 1 saturated carbocycles. The molecule has 3 aromatic rings. The zero-order valence-corrected chi connectivity index (χ0v) is 20.5. The minimum Gasteiger partial charge on any atom is -0.369 e. The molecule has 200 valence electrons. The molecule has 2 atom stereocenters. The zero-order chi connectivity index (χ0) is 27.6. The smallest absolute Gasteiger partial charge is 0.369 e. The van der Waals surface area contributed by atoms with Crippen LogP contribution in [0.15, 0.2) is 47.3 Å². The molecule has 0 spiro atoms. The van der Waals surface area contributed by atoms with Gasteiger partial charge in [0.1, 0.15) is 11.3 Å². The SMILES string of the molecule is Cc1cc(F)c2nc(=O)c(NC(=O)[C@H](CCC(F)(F)F)[C@H](CC3CC3)C(N)=O)nc(-c3ccccc3)c2c1. The number of aromatic nitrogens is 2. The molecule has 4 rings (SSSR count). The van der Waals surface area contributed by atoms with Gasteiger partial charge >= 0.3 is 11.7 Å². The van der Waals surface area contributed by atoms with E-state index in [0.29, 0.717) is 11.1 Å². The molecule has 0 aliphatic heterocycles. The fourth-order valence-corrected chi connectivity index (χ4v) is 4.54. The van der Waals surface area contributed by atoms with E-state index in [1.807, 2.05) is 0 Å². The highest BCUT2D eigenvalue weighted by Crippen LogP contribution is 2.39. The Balaban J connectivity index is 1.80. The molecule has 1 aliphatic rings. The number of carbonyl (C=O) groups excluding carboxylic acids is 2. The van der Waals surface area contributed by atoms with Crippen LogP contribution in [0.5, 0.6) is 0 Å². The predicted octanol–water partition coefficient (Wildman–Crippen LogP) is 4.90. The van der Waals surface area contributed by atoms with Crippen LogP contribution in [0.25, 0.3) is 22.2 Å². The molecule has 0 saturated heterocycles. The van der Waals surface area contributed by atoms with Crippen LogP contribution in [-0.4, -0.2) is 28.0 Å². The Kier molecular flexibility index (Phi) is 7.75. The van der Waals surface area contributed by atoms with Crippen LogP contribution < -0.4 is 16.6 Å². The van der Waals surface area contributed by atoms with Gasteiger partial charge in [0.05, 0.1) is 11.6 Å². The summed E-state index contributed by atoms with van der Waals surface area (Å²) in [5.41, 5.74) is 5.32. The van der Waals surface area contributed by atoms with E-state index >= 15 is 0 Å². The summed E-state index contributed by atoms with van der Waals surface area (Å²) >= 11 is 0. The summed E-state index contributed by atoms with van der Waals surface area (Å²) in [6, 6.07) is 11.3. The molecule has 38 heavy (non-hydrogen) atoms. The third kappa shape index (κ3) is 6.51. The van der Waals surface area contributed by atoms with Gasteiger partial charge in [0.15, 0.2) is 0 Å². The number of nitrogens with one attached hydrogen (secondary N) is 1. The van der Waals surface area contributed by atoms with Crippen molar-refractivity contribution in [2.45, 2.75) is 45.2 Å². The molecule has 0 bridgehead atoms. The molecule has 11 heteroatoms. The van der Waals surface area contributed by atoms with E-state index in [9.17, 15) is 31.9 Å². The molecule has 0 radical (unpaired) electrons. The number of hydrogen-bond acceptors (Lipinski definition) is 5. The van der Waals surface area contributed by atoms with Crippen molar-refractivity contribution in [1.82, 2.24) is 9.97 Å². The lowest BCUT2D eigenvalue weighted by atomic mass is 9.83. The predicted molar refractivity (Wildman–Crippen MR) is 133 cm³/mol. The average molecular weight is 531 g/mol. The molecule has 0 unspecified atom stereocenters. The molecule has 1 fully saturated rings. The number of aryl methyl sites for hydroxylation is 1. The molecule has 1 aliphatic carbocycles. The van der Waals surface area contributed by atoms with Gasteiger partial charge in [-0.05, 0) is 43.4 Å². The van der Waals surface area contributed by atoms with Crippen molar-refractivity contribution < 1.29 is 27.2 Å². The minimum absolute atomic E-state index is 0.0965. The Bertz CT molecular complexity index is 1430. The maximum absolute atomic E-state index is 14.9. The highest BCUT2D eigenvalue weighted by molar-refractivity contribution is 5.97. The van der Waals surface area contributed by atoms with E-state index in [4.69, 9.17) is 5.73 Å². The lowest BCUT2D eigenvalue weighted by Crippen LogP contribution is -2.39. The number of alkyl halides is 3. The normalized spacial score (nSPS) is 15.2. The third-order valence-electron chi connectivity index (χ3n) is 6.60. The highest BCUT2D eigenvalue weighted by atomic mass is 19.4. The van der Waals surface area contributed by atoms with E-state index < -0.39 is 59.9 Å². The first-order valence-corrected chi connectivity index (χ1v) is 12.2. The first-order chi connectivity index (χ1) is 17.9. The van der Waals surface area contributed by atoms with E-state index in [0.717, 1.165) is 12.8 Å². The third-order valence-corrected chi connectivity index (χ3v) is 6.60. The van der Waals surface area contributed by atoms with Crippen molar-refractivity contribution in [3.63, 3.8) is 0 Å². The second kappa shape index (κ2) is 10.8. The summed E-state index contributed by atoms with van der Waals surface area (Å²) < 4.78 is 54.1. The Hall–Kier alpha value is -3.89. The van der Waals surface area contributed by atoms with Crippen LogP contribution in [0.2, 0.25) is 0 Å². The summed E-state index contributed by atoms with van der Waals surface area (Å²) in [5.74, 6) is -5.76. The number of rotatable bonds is 9. The number of primary amides is 1. The van der Waals surface area contributed by atoms with Crippen LogP contribution >= 0.6 is 0 Å². The van der Waals surface area contributed by atoms with Crippen LogP contribution in [0.4, 0.5) is 23.4 Å². The van der Waals surface area contributed by atoms with Crippen molar-refractivity contribution in [2.75, 3.05) is 5.32 Å². The molecule has 2 amide bonds. The molecule has 7 nitrogen and oxygen atoms in total. The summed E-state index contributed by atoms with van der Waals surface area (Å²) in [6.45, 7) is 1.65. The van der Waals surface area contributed by atoms with Crippen molar-refractivity contribution in [2.24, 2.45) is 23.5 Å². The number of halogens is 4. The summed E-state index contributed by atoms with van der Waals surface area (Å²) in [7, 11) is 0. The van der Waals surface area contributed by atoms with Gasteiger partial charge in [-0.3, -0.25) is 14.4 Å². The summed E-state index contributed by atoms with van der Waals surface area (Å²) in [6.07, 6.45) is -4.83. The number of amides is 2. The maximum Gasteiger partial charge on any atom is 0.389 e. The molecule has 1 aromatic heterocycles. The van der Waals surface area contributed by atoms with Crippen molar-refractivity contribution >= 4 is 28.5 Å². The number of benzene rings is 2. The van der Waals surface area contributed by atoms with Gasteiger partial charge in [0.2, 0.25) is 17.6 Å². The summed E-state index contributed by atoms with van der Waals surface area (Å²) in [5, 5.41) is 2.50. The Morgan fingerprint density at radius 2 is 1.79 bits per heavy atom. The van der Waals surface area contributed by atoms with Gasteiger partial charge in [-0.2, -0.15) is 13.2 Å². The number of carbonyl (C=O) groups is 2. The number of hydrogen-bond donors (Lipinski definition) is 2. The van der Waals surface area contributed by atoms with Crippen LogP contribution in [0.3, 0.4) is 0 Å².